The number of piperidine rings is 1. The van der Waals surface area contributed by atoms with Gasteiger partial charge >= 0.3 is 0 Å². The first-order valence-corrected chi connectivity index (χ1v) is 8.39. The van der Waals surface area contributed by atoms with Crippen LogP contribution < -0.4 is 5.32 Å². The molecule has 1 aromatic carbocycles. The van der Waals surface area contributed by atoms with E-state index in [-0.39, 0.29) is 17.3 Å². The van der Waals surface area contributed by atoms with E-state index in [2.05, 4.69) is 5.32 Å². The van der Waals surface area contributed by atoms with Crippen LogP contribution >= 0.6 is 12.4 Å². The van der Waals surface area contributed by atoms with Crippen LogP contribution in [0.3, 0.4) is 0 Å². The number of hydrogen-bond donors (Lipinski definition) is 1. The first kappa shape index (κ1) is 16.7. The maximum Gasteiger partial charge on any atom is 0.243 e. The lowest BCUT2D eigenvalue weighted by Gasteiger charge is -2.33. The van der Waals surface area contributed by atoms with E-state index in [1.54, 1.807) is 6.92 Å². The van der Waals surface area contributed by atoms with Gasteiger partial charge < -0.3 is 5.32 Å². The zero-order chi connectivity index (χ0) is 14.3. The second kappa shape index (κ2) is 6.20. The molecule has 21 heavy (non-hydrogen) atoms. The molecule has 118 valence electrons. The van der Waals surface area contributed by atoms with Crippen LogP contribution in [0, 0.1) is 24.6 Å². The number of benzene rings is 1. The zero-order valence-corrected chi connectivity index (χ0v) is 13.5. The molecule has 0 saturated carbocycles. The molecule has 3 rings (SSSR count). The molecule has 0 spiro atoms. The molecule has 1 aromatic rings. The number of nitrogens with zero attached hydrogens (tertiary/aromatic N) is 1. The van der Waals surface area contributed by atoms with Crippen LogP contribution in [0.5, 0.6) is 0 Å². The van der Waals surface area contributed by atoms with Gasteiger partial charge in [-0.1, -0.05) is 6.07 Å². The Morgan fingerprint density at radius 3 is 2.71 bits per heavy atom. The third kappa shape index (κ3) is 3.08. The number of fused-ring (bicyclic) bond motifs is 1. The molecule has 7 heteroatoms. The maximum absolute atomic E-state index is 13.6. The largest absolute Gasteiger partial charge is 0.316 e. The highest BCUT2D eigenvalue weighted by atomic mass is 35.5. The molecule has 1 N–H and O–H groups in total. The van der Waals surface area contributed by atoms with Gasteiger partial charge in [0.05, 0.1) is 4.90 Å². The van der Waals surface area contributed by atoms with E-state index in [9.17, 15) is 12.8 Å². The Bertz CT molecular complexity index is 623. The van der Waals surface area contributed by atoms with Crippen molar-refractivity contribution in [3.05, 3.63) is 29.6 Å². The van der Waals surface area contributed by atoms with Crippen molar-refractivity contribution in [2.75, 3.05) is 26.2 Å². The summed E-state index contributed by atoms with van der Waals surface area (Å²) in [5.74, 6) is 0.494. The third-order valence-corrected chi connectivity index (χ3v) is 6.31. The summed E-state index contributed by atoms with van der Waals surface area (Å²) in [5.41, 5.74) is 0.461. The van der Waals surface area contributed by atoms with E-state index < -0.39 is 15.8 Å². The molecule has 2 fully saturated rings. The molecule has 2 aliphatic heterocycles. The molecule has 0 bridgehead atoms. The number of halogens is 2. The van der Waals surface area contributed by atoms with Gasteiger partial charge in [-0.3, -0.25) is 0 Å². The molecule has 0 amide bonds. The van der Waals surface area contributed by atoms with Gasteiger partial charge in [-0.15, -0.1) is 12.4 Å². The van der Waals surface area contributed by atoms with Gasteiger partial charge in [0.25, 0.3) is 0 Å². The summed E-state index contributed by atoms with van der Waals surface area (Å²) < 4.78 is 40.3. The minimum absolute atomic E-state index is 0. The Hall–Kier alpha value is -0.690. The number of nitrogens with one attached hydrogen (secondary N) is 1. The highest BCUT2D eigenvalue weighted by molar-refractivity contribution is 7.89. The van der Waals surface area contributed by atoms with Crippen LogP contribution in [0.25, 0.3) is 0 Å². The predicted octanol–water partition coefficient (Wildman–Crippen LogP) is 1.79. The van der Waals surface area contributed by atoms with Gasteiger partial charge in [0.15, 0.2) is 0 Å². The first-order chi connectivity index (χ1) is 9.48. The lowest BCUT2D eigenvalue weighted by Crippen LogP contribution is -2.43. The third-order valence-electron chi connectivity index (χ3n) is 4.45. The lowest BCUT2D eigenvalue weighted by molar-refractivity contribution is 0.228. The molecule has 0 aromatic heterocycles. The van der Waals surface area contributed by atoms with Crippen LogP contribution in [0.2, 0.25) is 0 Å². The molecule has 0 radical (unpaired) electrons. The minimum atomic E-state index is -3.57. The summed E-state index contributed by atoms with van der Waals surface area (Å²) in [6.45, 7) is 4.55. The maximum atomic E-state index is 13.6. The SMILES string of the molecule is Cc1ccc(S(=O)(=O)N2CCC3CNCC3C2)cc1F.Cl. The first-order valence-electron chi connectivity index (χ1n) is 6.95. The second-order valence-electron chi connectivity index (χ2n) is 5.74. The van der Waals surface area contributed by atoms with Crippen LogP contribution in [0.4, 0.5) is 4.39 Å². The van der Waals surface area contributed by atoms with E-state index in [1.165, 1.54) is 16.4 Å². The van der Waals surface area contributed by atoms with Crippen LogP contribution in [-0.2, 0) is 10.0 Å². The smallest absolute Gasteiger partial charge is 0.243 e. The molecule has 4 nitrogen and oxygen atoms in total. The van der Waals surface area contributed by atoms with Crippen LogP contribution in [0.15, 0.2) is 23.1 Å². The molecule has 2 saturated heterocycles. The summed E-state index contributed by atoms with van der Waals surface area (Å²) in [7, 11) is -3.57. The van der Waals surface area contributed by atoms with E-state index >= 15 is 0 Å². The summed E-state index contributed by atoms with van der Waals surface area (Å²) >= 11 is 0. The Kier molecular flexibility index (Phi) is 4.92. The Balaban J connectivity index is 0.00000161. The minimum Gasteiger partial charge on any atom is -0.316 e. The summed E-state index contributed by atoms with van der Waals surface area (Å²) in [4.78, 5) is 0.0602. The molecular formula is C14H20ClFN2O2S. The normalized spacial score (nSPS) is 26.2. The Labute approximate surface area is 131 Å². The number of sulfonamides is 1. The highest BCUT2D eigenvalue weighted by Crippen LogP contribution is 2.30. The van der Waals surface area contributed by atoms with E-state index in [4.69, 9.17) is 0 Å². The summed E-state index contributed by atoms with van der Waals surface area (Å²) in [5, 5.41) is 3.31. The quantitative estimate of drug-likeness (QED) is 0.897. The Morgan fingerprint density at radius 2 is 2.00 bits per heavy atom. The molecular weight excluding hydrogens is 315 g/mol. The van der Waals surface area contributed by atoms with E-state index in [1.807, 2.05) is 0 Å². The summed E-state index contributed by atoms with van der Waals surface area (Å²) in [6, 6.07) is 4.14. The van der Waals surface area contributed by atoms with Crippen molar-refractivity contribution in [2.45, 2.75) is 18.2 Å². The number of rotatable bonds is 2. The van der Waals surface area contributed by atoms with Gasteiger partial charge in [0.2, 0.25) is 10.0 Å². The van der Waals surface area contributed by atoms with Crippen molar-refractivity contribution in [3.63, 3.8) is 0 Å². The van der Waals surface area contributed by atoms with Gasteiger partial charge in [0.1, 0.15) is 5.82 Å². The topological polar surface area (TPSA) is 49.4 Å². The van der Waals surface area contributed by atoms with Crippen molar-refractivity contribution in [3.8, 4) is 0 Å². The molecule has 0 aliphatic carbocycles. The van der Waals surface area contributed by atoms with E-state index in [0.29, 0.717) is 30.5 Å². The molecule has 2 atom stereocenters. The van der Waals surface area contributed by atoms with Crippen LogP contribution in [-0.4, -0.2) is 38.9 Å². The average molecular weight is 335 g/mol. The van der Waals surface area contributed by atoms with Crippen molar-refractivity contribution in [2.24, 2.45) is 11.8 Å². The lowest BCUT2D eigenvalue weighted by atomic mass is 9.90. The van der Waals surface area contributed by atoms with Crippen molar-refractivity contribution >= 4 is 22.4 Å². The standard InChI is InChI=1S/C14H19FN2O2S.ClH/c1-10-2-3-13(6-14(10)15)20(18,19)17-5-4-11-7-16-8-12(11)9-17;/h2-3,6,11-12,16H,4-5,7-9H2,1H3;1H. The van der Waals surface area contributed by atoms with Gasteiger partial charge in [-0.2, -0.15) is 4.31 Å². The van der Waals surface area contributed by atoms with Gasteiger partial charge in [-0.25, -0.2) is 12.8 Å². The number of hydrogen-bond acceptors (Lipinski definition) is 3. The fourth-order valence-corrected chi connectivity index (χ4v) is 4.63. The Morgan fingerprint density at radius 1 is 1.29 bits per heavy atom. The second-order valence-corrected chi connectivity index (χ2v) is 7.68. The molecule has 2 unspecified atom stereocenters. The fraction of sp³-hybridized carbons (Fsp3) is 0.571. The monoisotopic (exact) mass is 334 g/mol. The average Bonchev–Trinajstić information content (AvgIpc) is 2.89. The van der Waals surface area contributed by atoms with Crippen molar-refractivity contribution < 1.29 is 12.8 Å². The molecule has 2 heterocycles. The highest BCUT2D eigenvalue weighted by Gasteiger charge is 2.37. The van der Waals surface area contributed by atoms with E-state index in [0.717, 1.165) is 25.6 Å². The molecule has 2 aliphatic rings. The predicted molar refractivity (Wildman–Crippen MR) is 81.6 cm³/mol. The fourth-order valence-electron chi connectivity index (χ4n) is 3.10. The van der Waals surface area contributed by atoms with Gasteiger partial charge in [-0.05, 0) is 56.0 Å². The zero-order valence-electron chi connectivity index (χ0n) is 11.9. The number of aryl methyl sites for hydroxylation is 1. The van der Waals surface area contributed by atoms with Crippen molar-refractivity contribution in [1.29, 1.82) is 0 Å². The summed E-state index contributed by atoms with van der Waals surface area (Å²) in [6.07, 6.45) is 0.880. The van der Waals surface area contributed by atoms with Crippen molar-refractivity contribution in [1.82, 2.24) is 9.62 Å². The van der Waals surface area contributed by atoms with Crippen LogP contribution in [0.1, 0.15) is 12.0 Å². The van der Waals surface area contributed by atoms with Gasteiger partial charge in [0, 0.05) is 13.1 Å².